The average molecular weight is 285 g/mol. The summed E-state index contributed by atoms with van der Waals surface area (Å²) in [6.45, 7) is 7.74. The molecule has 1 saturated heterocycles. The number of piperidine rings is 1. The van der Waals surface area contributed by atoms with Gasteiger partial charge in [0.1, 0.15) is 5.60 Å². The summed E-state index contributed by atoms with van der Waals surface area (Å²) in [6, 6.07) is 0. The Morgan fingerprint density at radius 1 is 1.10 bits per heavy atom. The van der Waals surface area contributed by atoms with Gasteiger partial charge in [0.05, 0.1) is 0 Å². The molecule has 1 heterocycles. The lowest BCUT2D eigenvalue weighted by molar-refractivity contribution is -0.131. The van der Waals surface area contributed by atoms with E-state index in [-0.39, 0.29) is 23.8 Å². The minimum Gasteiger partial charge on any atom is -0.444 e. The molecular weight excluding hydrogens is 262 g/mol. The quantitative estimate of drug-likeness (QED) is 0.698. The van der Waals surface area contributed by atoms with E-state index in [1.165, 1.54) is 6.92 Å². The highest BCUT2D eigenvalue weighted by atomic mass is 16.6. The van der Waals surface area contributed by atoms with E-state index in [4.69, 9.17) is 4.74 Å². The lowest BCUT2D eigenvalue weighted by atomic mass is 9.96. The van der Waals surface area contributed by atoms with Crippen LogP contribution in [0.15, 0.2) is 0 Å². The Balaban J connectivity index is 2.38. The van der Waals surface area contributed by atoms with Crippen molar-refractivity contribution in [1.29, 1.82) is 0 Å². The van der Waals surface area contributed by atoms with E-state index in [0.717, 1.165) is 0 Å². The summed E-state index contributed by atoms with van der Waals surface area (Å²) in [5, 5.41) is 0. The number of rotatable bonds is 1. The maximum Gasteiger partial charge on any atom is 0.410 e. The summed E-state index contributed by atoms with van der Waals surface area (Å²) in [5.74, 6) is -0.728. The summed E-state index contributed by atoms with van der Waals surface area (Å²) >= 11 is 0. The molecule has 3 amide bonds. The Bertz CT molecular complexity index is 382. The average Bonchev–Trinajstić information content (AvgIpc) is 2.34. The van der Waals surface area contributed by atoms with Crippen LogP contribution >= 0.6 is 0 Å². The molecule has 0 spiro atoms. The van der Waals surface area contributed by atoms with Crippen molar-refractivity contribution in [3.8, 4) is 0 Å². The number of likely N-dealkylation sites (tertiary alicyclic amines) is 1. The summed E-state index contributed by atoms with van der Waals surface area (Å²) in [7, 11) is 0. The number of amides is 3. The molecule has 0 aliphatic carbocycles. The minimum atomic E-state index is -0.517. The lowest BCUT2D eigenvalue weighted by Crippen LogP contribution is -2.48. The molecular formula is C13H23N3O4. The van der Waals surface area contributed by atoms with Crippen molar-refractivity contribution in [3.63, 3.8) is 0 Å². The first-order valence-electron chi connectivity index (χ1n) is 6.73. The number of nitrogens with one attached hydrogen (secondary N) is 2. The van der Waals surface area contributed by atoms with E-state index >= 15 is 0 Å². The third kappa shape index (κ3) is 5.46. The summed E-state index contributed by atoms with van der Waals surface area (Å²) in [5.41, 5.74) is 4.11. The van der Waals surface area contributed by atoms with Crippen LogP contribution in [0.3, 0.4) is 0 Å². The van der Waals surface area contributed by atoms with Gasteiger partial charge in [-0.3, -0.25) is 20.4 Å². The van der Waals surface area contributed by atoms with Crippen LogP contribution in [-0.2, 0) is 14.3 Å². The van der Waals surface area contributed by atoms with Crippen LogP contribution < -0.4 is 10.9 Å². The highest BCUT2D eigenvalue weighted by Crippen LogP contribution is 2.19. The van der Waals surface area contributed by atoms with Crippen molar-refractivity contribution in [3.05, 3.63) is 0 Å². The molecule has 2 N–H and O–H groups in total. The fourth-order valence-corrected chi connectivity index (χ4v) is 1.90. The Kier molecular flexibility index (Phi) is 5.35. The standard InChI is InChI=1S/C13H23N3O4/c1-9(17)14-15-11(18)10-5-7-16(8-6-10)12(19)20-13(2,3)4/h10H,5-8H2,1-4H3,(H,14,17)(H,15,18). The van der Waals surface area contributed by atoms with Gasteiger partial charge in [0.15, 0.2) is 0 Å². The van der Waals surface area contributed by atoms with Gasteiger partial charge < -0.3 is 9.64 Å². The third-order valence-electron chi connectivity index (χ3n) is 2.88. The van der Waals surface area contributed by atoms with Crippen LogP contribution in [-0.4, -0.2) is 41.5 Å². The molecule has 0 radical (unpaired) electrons. The van der Waals surface area contributed by atoms with Crippen molar-refractivity contribution < 1.29 is 19.1 Å². The van der Waals surface area contributed by atoms with E-state index in [1.807, 2.05) is 20.8 Å². The monoisotopic (exact) mass is 285 g/mol. The Morgan fingerprint density at radius 2 is 1.65 bits per heavy atom. The molecule has 1 aliphatic heterocycles. The fraction of sp³-hybridized carbons (Fsp3) is 0.769. The molecule has 0 aromatic heterocycles. The number of hydrogen-bond acceptors (Lipinski definition) is 4. The number of carbonyl (C=O) groups excluding carboxylic acids is 3. The van der Waals surface area contributed by atoms with Crippen LogP contribution in [0, 0.1) is 5.92 Å². The van der Waals surface area contributed by atoms with Gasteiger partial charge >= 0.3 is 6.09 Å². The highest BCUT2D eigenvalue weighted by Gasteiger charge is 2.29. The summed E-state index contributed by atoms with van der Waals surface area (Å²) < 4.78 is 5.28. The molecule has 1 fully saturated rings. The van der Waals surface area contributed by atoms with E-state index < -0.39 is 5.60 Å². The Labute approximate surface area is 119 Å². The second-order valence-electron chi connectivity index (χ2n) is 5.91. The Hall–Kier alpha value is -1.79. The zero-order valence-corrected chi connectivity index (χ0v) is 12.5. The number of hydrogen-bond donors (Lipinski definition) is 2. The maximum absolute atomic E-state index is 11.9. The molecule has 0 aromatic rings. The van der Waals surface area contributed by atoms with Crippen LogP contribution in [0.4, 0.5) is 4.79 Å². The minimum absolute atomic E-state index is 0.194. The molecule has 7 nitrogen and oxygen atoms in total. The molecule has 0 aromatic carbocycles. The topological polar surface area (TPSA) is 87.7 Å². The molecule has 7 heteroatoms. The zero-order valence-electron chi connectivity index (χ0n) is 12.5. The van der Waals surface area contributed by atoms with Gasteiger partial charge in [-0.25, -0.2) is 4.79 Å². The molecule has 1 aliphatic rings. The molecule has 0 atom stereocenters. The highest BCUT2D eigenvalue weighted by molar-refractivity contribution is 5.82. The third-order valence-corrected chi connectivity index (χ3v) is 2.88. The molecule has 20 heavy (non-hydrogen) atoms. The van der Waals surface area contributed by atoms with Gasteiger partial charge in [0, 0.05) is 25.9 Å². The van der Waals surface area contributed by atoms with Crippen molar-refractivity contribution in [1.82, 2.24) is 15.8 Å². The van der Waals surface area contributed by atoms with Gasteiger partial charge in [0.2, 0.25) is 11.8 Å². The van der Waals surface area contributed by atoms with Gasteiger partial charge in [0.25, 0.3) is 0 Å². The van der Waals surface area contributed by atoms with Crippen molar-refractivity contribution in [2.75, 3.05) is 13.1 Å². The first kappa shape index (κ1) is 16.3. The number of nitrogens with zero attached hydrogens (tertiary/aromatic N) is 1. The van der Waals surface area contributed by atoms with E-state index in [0.29, 0.717) is 25.9 Å². The Morgan fingerprint density at radius 3 is 2.10 bits per heavy atom. The van der Waals surface area contributed by atoms with Crippen LogP contribution in [0.25, 0.3) is 0 Å². The van der Waals surface area contributed by atoms with Crippen LogP contribution in [0.1, 0.15) is 40.5 Å². The van der Waals surface area contributed by atoms with E-state index in [2.05, 4.69) is 10.9 Å². The molecule has 0 bridgehead atoms. The van der Waals surface area contributed by atoms with Gasteiger partial charge in [-0.1, -0.05) is 0 Å². The predicted molar refractivity (Wildman–Crippen MR) is 72.5 cm³/mol. The number of ether oxygens (including phenoxy) is 1. The van der Waals surface area contributed by atoms with Gasteiger partial charge in [-0.15, -0.1) is 0 Å². The zero-order chi connectivity index (χ0) is 15.3. The van der Waals surface area contributed by atoms with E-state index in [9.17, 15) is 14.4 Å². The summed E-state index contributed by atoms with van der Waals surface area (Å²) in [6.07, 6.45) is 0.771. The van der Waals surface area contributed by atoms with Gasteiger partial charge in [-0.05, 0) is 33.6 Å². The largest absolute Gasteiger partial charge is 0.444 e. The van der Waals surface area contributed by atoms with Gasteiger partial charge in [-0.2, -0.15) is 0 Å². The normalized spacial score (nSPS) is 16.5. The molecule has 1 rings (SSSR count). The van der Waals surface area contributed by atoms with Crippen molar-refractivity contribution in [2.45, 2.75) is 46.1 Å². The fourth-order valence-electron chi connectivity index (χ4n) is 1.90. The maximum atomic E-state index is 11.9. The number of carbonyl (C=O) groups is 3. The molecule has 0 saturated carbocycles. The lowest BCUT2D eigenvalue weighted by Gasteiger charge is -2.32. The predicted octanol–water partition coefficient (Wildman–Crippen LogP) is 0.801. The second-order valence-corrected chi connectivity index (χ2v) is 5.91. The number of hydrazine groups is 1. The first-order valence-corrected chi connectivity index (χ1v) is 6.73. The van der Waals surface area contributed by atoms with Crippen molar-refractivity contribution >= 4 is 17.9 Å². The van der Waals surface area contributed by atoms with Crippen molar-refractivity contribution in [2.24, 2.45) is 5.92 Å². The van der Waals surface area contributed by atoms with Crippen LogP contribution in [0.2, 0.25) is 0 Å². The van der Waals surface area contributed by atoms with Crippen LogP contribution in [0.5, 0.6) is 0 Å². The molecule has 114 valence electrons. The second kappa shape index (κ2) is 6.58. The van der Waals surface area contributed by atoms with E-state index in [1.54, 1.807) is 4.90 Å². The SMILES string of the molecule is CC(=O)NNC(=O)C1CCN(C(=O)OC(C)(C)C)CC1. The smallest absolute Gasteiger partial charge is 0.410 e. The molecule has 0 unspecified atom stereocenters. The first-order chi connectivity index (χ1) is 9.19. The summed E-state index contributed by atoms with van der Waals surface area (Å²) in [4.78, 5) is 35.9.